The first kappa shape index (κ1) is 35.0. The molecule has 0 atom stereocenters. The standard InChI is InChI=1S/C39H38N2O2.CH3.Co/c1-27-19-30(21-28-13-7-5-8-14-28)37(42)32(20-27)25-40-35-17-11-12-18-36(35)41-26-33-24-34(39(2,3)4)23-31(38(33)43)22-29-15-9-6-10-16-29;;/h5-20,23-26,42-43H,21-22H2,1-4H3;1H3;/q;-1;. The summed E-state index contributed by atoms with van der Waals surface area (Å²) >= 11 is 0. The molecule has 0 bridgehead atoms. The summed E-state index contributed by atoms with van der Waals surface area (Å²) in [6.07, 6.45) is 4.68. The fraction of sp³-hybridized carbons (Fsp3) is 0.175. The SMILES string of the molecule is Cc1cc(C=Nc2ccccc2N=Cc2cc(C(C)(C)C)cc(Cc3ccccc3)c2O)c(O)c(Cc2ccccc2)c1.[CH3-].[Co]. The second kappa shape index (κ2) is 15.5. The number of hydrogen-bond donors (Lipinski definition) is 2. The number of aryl methyl sites for hydroxylation is 1. The summed E-state index contributed by atoms with van der Waals surface area (Å²) in [6.45, 7) is 8.53. The number of phenolic OH excluding ortho intramolecular Hbond substituents is 2. The van der Waals surface area contributed by atoms with Crippen LogP contribution in [0.3, 0.4) is 0 Å². The summed E-state index contributed by atoms with van der Waals surface area (Å²) in [6, 6.07) is 36.0. The van der Waals surface area contributed by atoms with Gasteiger partial charge in [-0.15, -0.1) is 0 Å². The summed E-state index contributed by atoms with van der Waals surface area (Å²) < 4.78 is 0. The van der Waals surface area contributed by atoms with Crippen LogP contribution in [0.4, 0.5) is 11.4 Å². The van der Waals surface area contributed by atoms with Crippen molar-refractivity contribution in [2.75, 3.05) is 0 Å². The second-order valence-corrected chi connectivity index (χ2v) is 12.0. The van der Waals surface area contributed by atoms with Gasteiger partial charge in [-0.1, -0.05) is 106 Å². The van der Waals surface area contributed by atoms with Gasteiger partial charge >= 0.3 is 0 Å². The van der Waals surface area contributed by atoms with Crippen LogP contribution in [0.2, 0.25) is 0 Å². The van der Waals surface area contributed by atoms with Crippen LogP contribution in [0.15, 0.2) is 119 Å². The van der Waals surface area contributed by atoms with Crippen LogP contribution >= 0.6 is 0 Å². The molecule has 0 spiro atoms. The van der Waals surface area contributed by atoms with Crippen molar-refractivity contribution in [3.05, 3.63) is 161 Å². The zero-order valence-electron chi connectivity index (χ0n) is 26.6. The van der Waals surface area contributed by atoms with Crippen LogP contribution in [-0.2, 0) is 35.0 Å². The van der Waals surface area contributed by atoms with E-state index < -0.39 is 0 Å². The topological polar surface area (TPSA) is 65.2 Å². The molecule has 4 nitrogen and oxygen atoms in total. The number of aromatic hydroxyl groups is 2. The maximum Gasteiger partial charge on any atom is 0.127 e. The molecule has 0 amide bonds. The molecular formula is C40H41CoN2O2-. The Balaban J connectivity index is 0.00000276. The molecule has 0 aromatic heterocycles. The summed E-state index contributed by atoms with van der Waals surface area (Å²) in [7, 11) is 0. The summed E-state index contributed by atoms with van der Waals surface area (Å²) in [5.41, 5.74) is 8.74. The van der Waals surface area contributed by atoms with Gasteiger partial charge in [-0.3, -0.25) is 9.98 Å². The average Bonchev–Trinajstić information content (AvgIpc) is 2.99. The molecule has 0 heterocycles. The quantitative estimate of drug-likeness (QED) is 0.131. The molecule has 5 rings (SSSR count). The number of phenols is 2. The van der Waals surface area contributed by atoms with E-state index in [0.717, 1.165) is 33.4 Å². The molecule has 0 aliphatic rings. The zero-order chi connectivity index (χ0) is 30.4. The first-order valence-electron chi connectivity index (χ1n) is 14.6. The van der Waals surface area contributed by atoms with Crippen molar-refractivity contribution >= 4 is 23.8 Å². The molecule has 0 fully saturated rings. The van der Waals surface area contributed by atoms with Gasteiger partial charge in [0.25, 0.3) is 0 Å². The summed E-state index contributed by atoms with van der Waals surface area (Å²) in [5, 5.41) is 22.4. The van der Waals surface area contributed by atoms with Crippen molar-refractivity contribution in [2.24, 2.45) is 9.98 Å². The Morgan fingerprint density at radius 2 is 1.02 bits per heavy atom. The number of benzene rings is 5. The van der Waals surface area contributed by atoms with E-state index in [0.29, 0.717) is 35.3 Å². The van der Waals surface area contributed by atoms with Crippen LogP contribution in [0.1, 0.15) is 65.3 Å². The van der Waals surface area contributed by atoms with Gasteiger partial charge in [0.2, 0.25) is 0 Å². The van der Waals surface area contributed by atoms with Crippen LogP contribution in [-0.4, -0.2) is 22.6 Å². The molecule has 2 N–H and O–H groups in total. The number of aliphatic imine (C=N–C) groups is 2. The fourth-order valence-electron chi connectivity index (χ4n) is 5.09. The molecule has 45 heavy (non-hydrogen) atoms. The van der Waals surface area contributed by atoms with E-state index in [1.54, 1.807) is 12.4 Å². The summed E-state index contributed by atoms with van der Waals surface area (Å²) in [4.78, 5) is 9.50. The zero-order valence-corrected chi connectivity index (χ0v) is 27.6. The van der Waals surface area contributed by atoms with Crippen molar-refractivity contribution in [1.82, 2.24) is 0 Å². The van der Waals surface area contributed by atoms with E-state index >= 15 is 0 Å². The molecule has 233 valence electrons. The Labute approximate surface area is 278 Å². The van der Waals surface area contributed by atoms with Crippen molar-refractivity contribution in [3.63, 3.8) is 0 Å². The third-order valence-corrected chi connectivity index (χ3v) is 7.49. The molecule has 0 saturated heterocycles. The van der Waals surface area contributed by atoms with Crippen LogP contribution in [0.5, 0.6) is 11.5 Å². The summed E-state index contributed by atoms with van der Waals surface area (Å²) in [5.74, 6) is 0.464. The van der Waals surface area contributed by atoms with Gasteiger partial charge in [-0.25, -0.2) is 0 Å². The van der Waals surface area contributed by atoms with Gasteiger partial charge in [0.1, 0.15) is 11.5 Å². The Bertz CT molecular complexity index is 1770. The molecule has 5 heteroatoms. The molecule has 0 aliphatic carbocycles. The Kier molecular flexibility index (Phi) is 12.1. The maximum absolute atomic E-state index is 11.3. The van der Waals surface area contributed by atoms with Crippen LogP contribution < -0.4 is 0 Å². The van der Waals surface area contributed by atoms with Crippen molar-refractivity contribution in [3.8, 4) is 11.5 Å². The largest absolute Gasteiger partial charge is 0.507 e. The number of rotatable bonds is 8. The Hall–Kier alpha value is -4.45. The van der Waals surface area contributed by atoms with E-state index in [2.05, 4.69) is 51.1 Å². The first-order chi connectivity index (χ1) is 20.7. The van der Waals surface area contributed by atoms with Crippen LogP contribution in [0, 0.1) is 14.4 Å². The molecule has 0 aliphatic heterocycles. The third kappa shape index (κ3) is 9.04. The predicted molar refractivity (Wildman–Crippen MR) is 186 cm³/mol. The van der Waals surface area contributed by atoms with Crippen LogP contribution in [0.25, 0.3) is 0 Å². The molecular weight excluding hydrogens is 599 g/mol. The van der Waals surface area contributed by atoms with Gasteiger partial charge in [0, 0.05) is 53.2 Å². The van der Waals surface area contributed by atoms with E-state index in [-0.39, 0.29) is 41.1 Å². The Morgan fingerprint density at radius 1 is 0.600 bits per heavy atom. The smallest absolute Gasteiger partial charge is 0.127 e. The minimum absolute atomic E-state index is 0. The van der Waals surface area contributed by atoms with Crippen molar-refractivity contribution in [2.45, 2.75) is 46.0 Å². The molecule has 5 aromatic rings. The van der Waals surface area contributed by atoms with Gasteiger partial charge in [-0.2, -0.15) is 0 Å². The predicted octanol–water partition coefficient (Wildman–Crippen LogP) is 9.83. The monoisotopic (exact) mass is 640 g/mol. The number of para-hydroxylation sites is 2. The number of nitrogens with zero attached hydrogens (tertiary/aromatic N) is 2. The minimum Gasteiger partial charge on any atom is -0.507 e. The first-order valence-corrected chi connectivity index (χ1v) is 14.6. The van der Waals surface area contributed by atoms with Crippen molar-refractivity contribution < 1.29 is 27.0 Å². The number of hydrogen-bond acceptors (Lipinski definition) is 4. The molecule has 1 radical (unpaired) electrons. The second-order valence-electron chi connectivity index (χ2n) is 12.0. The fourth-order valence-corrected chi connectivity index (χ4v) is 5.09. The van der Waals surface area contributed by atoms with E-state index in [4.69, 9.17) is 9.98 Å². The molecule has 0 unspecified atom stereocenters. The van der Waals surface area contributed by atoms with Crippen molar-refractivity contribution in [1.29, 1.82) is 0 Å². The van der Waals surface area contributed by atoms with Gasteiger partial charge in [0.05, 0.1) is 11.4 Å². The van der Waals surface area contributed by atoms with Gasteiger partial charge < -0.3 is 17.6 Å². The molecule has 0 saturated carbocycles. The van der Waals surface area contributed by atoms with E-state index in [1.165, 1.54) is 0 Å². The van der Waals surface area contributed by atoms with Gasteiger partial charge in [-0.05, 0) is 70.0 Å². The Morgan fingerprint density at radius 3 is 1.49 bits per heavy atom. The van der Waals surface area contributed by atoms with E-state index in [9.17, 15) is 10.2 Å². The average molecular weight is 641 g/mol. The normalized spacial score (nSPS) is 11.4. The molecule has 5 aromatic carbocycles. The minimum atomic E-state index is -0.0981. The maximum atomic E-state index is 11.3. The van der Waals surface area contributed by atoms with Gasteiger partial charge in [0.15, 0.2) is 0 Å². The third-order valence-electron chi connectivity index (χ3n) is 7.49. The van der Waals surface area contributed by atoms with E-state index in [1.807, 2.05) is 85.8 Å².